The Hall–Kier alpha value is -2.80. The third kappa shape index (κ3) is 4.43. The Morgan fingerprint density at radius 2 is 2.08 bits per heavy atom. The van der Waals surface area contributed by atoms with Gasteiger partial charge in [0.1, 0.15) is 11.5 Å². The summed E-state index contributed by atoms with van der Waals surface area (Å²) in [6, 6.07) is 7.64. The zero-order valence-corrected chi connectivity index (χ0v) is 15.0. The number of hydrogen-bond donors (Lipinski definition) is 3. The number of nitrogens with one attached hydrogen (secondary N) is 3. The molecule has 2 heterocycles. The van der Waals surface area contributed by atoms with E-state index in [0.717, 1.165) is 42.3 Å². The summed E-state index contributed by atoms with van der Waals surface area (Å²) >= 11 is 0. The molecule has 26 heavy (non-hydrogen) atoms. The molecule has 0 atom stereocenters. The molecule has 1 aliphatic heterocycles. The number of carbonyl (C=O) groups excluding carboxylic acids is 1. The van der Waals surface area contributed by atoms with Gasteiger partial charge in [0.2, 0.25) is 5.91 Å². The highest BCUT2D eigenvalue weighted by Gasteiger charge is 2.14. The van der Waals surface area contributed by atoms with Crippen LogP contribution in [0, 0.1) is 5.53 Å². The minimum absolute atomic E-state index is 0.0353. The third-order valence-corrected chi connectivity index (χ3v) is 4.50. The monoisotopic (exact) mass is 352 g/mol. The van der Waals surface area contributed by atoms with Gasteiger partial charge in [-0.25, -0.2) is 10.5 Å². The van der Waals surface area contributed by atoms with Gasteiger partial charge >= 0.3 is 0 Å². The van der Waals surface area contributed by atoms with Gasteiger partial charge < -0.3 is 10.6 Å². The van der Waals surface area contributed by atoms with Gasteiger partial charge in [-0.05, 0) is 43.5 Å². The fraction of sp³-hybridized carbons (Fsp3) is 0.368. The predicted octanol–water partition coefficient (Wildman–Crippen LogP) is 3.21. The van der Waals surface area contributed by atoms with E-state index in [4.69, 9.17) is 5.53 Å². The highest BCUT2D eigenvalue weighted by molar-refractivity contribution is 5.94. The van der Waals surface area contributed by atoms with Crippen LogP contribution in [0.2, 0.25) is 0 Å². The lowest BCUT2D eigenvalue weighted by atomic mass is 10.1. The van der Waals surface area contributed by atoms with Crippen LogP contribution >= 0.6 is 0 Å². The van der Waals surface area contributed by atoms with E-state index in [1.165, 1.54) is 6.42 Å². The first-order valence-corrected chi connectivity index (χ1v) is 8.87. The molecular weight excluding hydrogens is 328 g/mol. The van der Waals surface area contributed by atoms with Crippen molar-refractivity contribution in [2.45, 2.75) is 19.3 Å². The van der Waals surface area contributed by atoms with Crippen molar-refractivity contribution in [3.8, 4) is 0 Å². The lowest BCUT2D eigenvalue weighted by Gasteiger charge is -2.25. The maximum absolute atomic E-state index is 12.3. The molecule has 0 bridgehead atoms. The van der Waals surface area contributed by atoms with E-state index in [-0.39, 0.29) is 5.91 Å². The van der Waals surface area contributed by atoms with Crippen LogP contribution in [-0.2, 0) is 4.79 Å². The number of aromatic nitrogens is 1. The Kier molecular flexibility index (Phi) is 5.91. The first-order chi connectivity index (χ1) is 12.7. The topological polar surface area (TPSA) is 93.5 Å². The molecule has 0 aliphatic carbocycles. The molecule has 0 spiro atoms. The highest BCUT2D eigenvalue weighted by Crippen LogP contribution is 2.23. The number of likely N-dealkylation sites (tertiary alicyclic amines) is 1. The van der Waals surface area contributed by atoms with E-state index in [0.29, 0.717) is 18.1 Å². The molecule has 1 aromatic carbocycles. The average molecular weight is 352 g/mol. The number of amides is 1. The standard InChI is InChI=1S/C19H24N6O/c1-21-12-17(24-20)14-5-6-15-11-22-18(10-16(15)9-14)23-19(26)13-25-7-3-2-4-8-25/h5-6,9-12,20-21H,2-4,7-8,13H2,1H3,(H,22,23,26)/b17-12-,24-20?. The van der Waals surface area contributed by atoms with Gasteiger partial charge in [0, 0.05) is 30.4 Å². The van der Waals surface area contributed by atoms with Crippen molar-refractivity contribution < 1.29 is 4.79 Å². The Bertz CT molecular complexity index is 826. The lowest BCUT2D eigenvalue weighted by molar-refractivity contribution is -0.117. The summed E-state index contributed by atoms with van der Waals surface area (Å²) in [4.78, 5) is 18.8. The summed E-state index contributed by atoms with van der Waals surface area (Å²) in [5, 5.41) is 11.2. The van der Waals surface area contributed by atoms with Gasteiger partial charge in [-0.1, -0.05) is 18.6 Å². The molecule has 3 rings (SSSR count). The van der Waals surface area contributed by atoms with Crippen LogP contribution in [0.4, 0.5) is 5.82 Å². The largest absolute Gasteiger partial charge is 0.392 e. The smallest absolute Gasteiger partial charge is 0.239 e. The molecule has 0 unspecified atom stereocenters. The van der Waals surface area contributed by atoms with Crippen molar-refractivity contribution in [3.63, 3.8) is 0 Å². The minimum Gasteiger partial charge on any atom is -0.392 e. The van der Waals surface area contributed by atoms with Crippen molar-refractivity contribution in [1.82, 2.24) is 15.2 Å². The summed E-state index contributed by atoms with van der Waals surface area (Å²) in [6.45, 7) is 2.38. The molecule has 7 heteroatoms. The summed E-state index contributed by atoms with van der Waals surface area (Å²) in [5.74, 6) is 0.505. The van der Waals surface area contributed by atoms with Crippen molar-refractivity contribution in [3.05, 3.63) is 42.2 Å². The Balaban J connectivity index is 1.75. The quantitative estimate of drug-likeness (QED) is 0.696. The van der Waals surface area contributed by atoms with Crippen molar-refractivity contribution in [2.75, 3.05) is 32.0 Å². The van der Waals surface area contributed by atoms with Crippen LogP contribution in [-0.4, -0.2) is 42.5 Å². The number of benzene rings is 1. The first-order valence-electron chi connectivity index (χ1n) is 8.87. The Morgan fingerprint density at radius 1 is 1.27 bits per heavy atom. The predicted molar refractivity (Wildman–Crippen MR) is 103 cm³/mol. The van der Waals surface area contributed by atoms with Crippen molar-refractivity contribution in [1.29, 1.82) is 5.53 Å². The van der Waals surface area contributed by atoms with E-state index in [9.17, 15) is 4.79 Å². The molecule has 1 fully saturated rings. The maximum atomic E-state index is 12.3. The fourth-order valence-corrected chi connectivity index (χ4v) is 3.19. The number of piperidine rings is 1. The van der Waals surface area contributed by atoms with Crippen LogP contribution in [0.5, 0.6) is 0 Å². The molecule has 3 N–H and O–H groups in total. The Labute approximate surface area is 153 Å². The van der Waals surface area contributed by atoms with Crippen LogP contribution < -0.4 is 10.6 Å². The number of fused-ring (bicyclic) bond motifs is 1. The molecule has 1 aromatic heterocycles. The second-order valence-corrected chi connectivity index (χ2v) is 6.45. The normalized spacial score (nSPS) is 15.7. The number of nitrogens with zero attached hydrogens (tertiary/aromatic N) is 3. The lowest BCUT2D eigenvalue weighted by Crippen LogP contribution is -2.36. The highest BCUT2D eigenvalue weighted by atomic mass is 16.2. The number of pyridine rings is 1. The maximum Gasteiger partial charge on any atom is 0.239 e. The molecule has 136 valence electrons. The van der Waals surface area contributed by atoms with Crippen LogP contribution in [0.15, 0.2) is 41.8 Å². The summed E-state index contributed by atoms with van der Waals surface area (Å²) < 4.78 is 0. The van der Waals surface area contributed by atoms with Gasteiger partial charge in [0.25, 0.3) is 0 Å². The Morgan fingerprint density at radius 3 is 2.81 bits per heavy atom. The van der Waals surface area contributed by atoms with Crippen LogP contribution in [0.3, 0.4) is 0 Å². The van der Waals surface area contributed by atoms with E-state index in [1.807, 2.05) is 24.3 Å². The number of hydrogen-bond acceptors (Lipinski definition) is 6. The molecule has 0 saturated carbocycles. The molecular formula is C19H24N6O. The molecule has 1 aliphatic rings. The summed E-state index contributed by atoms with van der Waals surface area (Å²) in [5.41, 5.74) is 8.68. The average Bonchev–Trinajstić information content (AvgIpc) is 2.66. The fourth-order valence-electron chi connectivity index (χ4n) is 3.19. The number of carbonyl (C=O) groups is 1. The third-order valence-electron chi connectivity index (χ3n) is 4.50. The molecule has 7 nitrogen and oxygen atoms in total. The van der Waals surface area contributed by atoms with Gasteiger partial charge in [-0.3, -0.25) is 9.69 Å². The van der Waals surface area contributed by atoms with Gasteiger partial charge in [-0.15, -0.1) is 0 Å². The zero-order chi connectivity index (χ0) is 18.4. The van der Waals surface area contributed by atoms with Crippen LogP contribution in [0.25, 0.3) is 16.5 Å². The zero-order valence-electron chi connectivity index (χ0n) is 15.0. The van der Waals surface area contributed by atoms with Gasteiger partial charge in [-0.2, -0.15) is 5.11 Å². The molecule has 1 saturated heterocycles. The van der Waals surface area contributed by atoms with Gasteiger partial charge in [0.05, 0.1) is 6.54 Å². The molecule has 1 amide bonds. The molecule has 2 aromatic rings. The second kappa shape index (κ2) is 8.53. The first kappa shape index (κ1) is 18.0. The number of rotatable bonds is 6. The van der Waals surface area contributed by atoms with Crippen LogP contribution in [0.1, 0.15) is 24.8 Å². The van der Waals surface area contributed by atoms with E-state index >= 15 is 0 Å². The summed E-state index contributed by atoms with van der Waals surface area (Å²) in [7, 11) is 1.77. The van der Waals surface area contributed by atoms with Crippen molar-refractivity contribution >= 4 is 28.2 Å². The van der Waals surface area contributed by atoms with Gasteiger partial charge in [0.15, 0.2) is 0 Å². The van der Waals surface area contributed by atoms with Crippen molar-refractivity contribution in [2.24, 2.45) is 5.11 Å². The van der Waals surface area contributed by atoms with E-state index < -0.39 is 0 Å². The second-order valence-electron chi connectivity index (χ2n) is 6.45. The number of anilines is 1. The minimum atomic E-state index is -0.0353. The summed E-state index contributed by atoms with van der Waals surface area (Å²) in [6.07, 6.45) is 6.99. The SMILES string of the molecule is CN/C=C(\N=N)c1ccc2cnc(NC(=O)CN3CCCCC3)cc2c1. The van der Waals surface area contributed by atoms with E-state index in [1.54, 1.807) is 19.4 Å². The van der Waals surface area contributed by atoms with E-state index in [2.05, 4.69) is 25.6 Å². The molecule has 0 radical (unpaired) electrons.